The van der Waals surface area contributed by atoms with Gasteiger partial charge in [0, 0.05) is 39.0 Å². The van der Waals surface area contributed by atoms with E-state index in [9.17, 15) is 33.6 Å². The molecule has 0 aromatic heterocycles. The van der Waals surface area contributed by atoms with Crippen molar-refractivity contribution in [1.29, 1.82) is 0 Å². The highest BCUT2D eigenvalue weighted by Gasteiger charge is 2.70. The van der Waals surface area contributed by atoms with Gasteiger partial charge < -0.3 is 64.3 Å². The lowest BCUT2D eigenvalue weighted by Gasteiger charge is -2.64. The van der Waals surface area contributed by atoms with E-state index in [0.29, 0.717) is 69.1 Å². The molecule has 6 saturated heterocycles. The lowest BCUT2D eigenvalue weighted by molar-refractivity contribution is -0.199. The minimum absolute atomic E-state index is 0.0182. The molecule has 101 heavy (non-hydrogen) atoms. The zero-order valence-corrected chi connectivity index (χ0v) is 61.7. The summed E-state index contributed by atoms with van der Waals surface area (Å²) in [5, 5.41) is 9.41. The fraction of sp³-hybridized carbons (Fsp3) is 0.753. The van der Waals surface area contributed by atoms with Crippen molar-refractivity contribution in [1.82, 2.24) is 35.6 Å². The molecule has 8 unspecified atom stereocenters. The van der Waals surface area contributed by atoms with Gasteiger partial charge in [0.15, 0.2) is 0 Å². The Hall–Kier alpha value is -5.94. The molecule has 4 bridgehead atoms. The summed E-state index contributed by atoms with van der Waals surface area (Å²) in [4.78, 5) is 103. The first kappa shape index (κ1) is 73.4. The van der Waals surface area contributed by atoms with Gasteiger partial charge in [0.1, 0.15) is 35.9 Å². The number of nitrogens with two attached hydrogens (primary N) is 1. The van der Waals surface area contributed by atoms with Crippen LogP contribution in [-0.2, 0) is 78.2 Å². The fourth-order valence-corrected chi connectivity index (χ4v) is 19.8. The van der Waals surface area contributed by atoms with Gasteiger partial charge in [0.05, 0.1) is 54.4 Å². The largest absolute Gasteiger partial charge is 0.481 e. The number of alkyl carbamates (subject to hydrolysis) is 1. The summed E-state index contributed by atoms with van der Waals surface area (Å²) < 4.78 is 44.6. The van der Waals surface area contributed by atoms with Gasteiger partial charge in [0.25, 0.3) is 0 Å². The van der Waals surface area contributed by atoms with Crippen molar-refractivity contribution in [2.24, 2.45) is 40.2 Å². The number of rotatable bonds is 5. The second-order valence-electron chi connectivity index (χ2n) is 34.6. The minimum Gasteiger partial charge on any atom is -0.444 e. The van der Waals surface area contributed by atoms with Crippen LogP contribution >= 0.6 is 0 Å². The molecule has 14 aliphatic rings. The van der Waals surface area contributed by atoms with Gasteiger partial charge in [-0.05, 0) is 143 Å². The molecule has 0 radical (unpaired) electrons. The lowest BCUT2D eigenvalue weighted by Crippen LogP contribution is -2.65. The number of nitrogens with zero attached hydrogens (tertiary/aromatic N) is 4. The molecule has 6 saturated carbocycles. The number of nitrogens with one attached hydrogen (secondary N) is 3. The first-order chi connectivity index (χ1) is 48.2. The number of amides is 7. The van der Waals surface area contributed by atoms with Crippen molar-refractivity contribution >= 4 is 56.1 Å². The Morgan fingerprint density at radius 1 is 0.525 bits per heavy atom. The third-order valence-corrected chi connectivity index (χ3v) is 26.0. The Morgan fingerprint density at radius 2 is 0.901 bits per heavy atom. The maximum absolute atomic E-state index is 14.5. The van der Waals surface area contributed by atoms with Gasteiger partial charge in [-0.25, -0.2) is 14.4 Å². The minimum atomic E-state index is -0.921. The Balaban J connectivity index is 0.000000182. The number of hydrogen-bond donors (Lipinski definition) is 4. The van der Waals surface area contributed by atoms with Crippen molar-refractivity contribution in [2.75, 3.05) is 13.1 Å². The van der Waals surface area contributed by atoms with Crippen molar-refractivity contribution in [3.8, 4) is 0 Å². The van der Waals surface area contributed by atoms with Crippen LogP contribution in [0.1, 0.15) is 239 Å². The van der Waals surface area contributed by atoms with Gasteiger partial charge in [-0.15, -0.1) is 0 Å². The van der Waals surface area contributed by atoms with E-state index in [0.717, 1.165) is 144 Å². The summed E-state index contributed by atoms with van der Waals surface area (Å²) >= 11 is 0. The Bertz CT molecular complexity index is 3320. The highest BCUT2D eigenvalue weighted by molar-refractivity contribution is 6.48. The standard InChI is InChI=1S/C41H61BN4O8.C36H53BN4O6/c1-39(2,3)52-37(49)43-30-18-12-10-8-7-9-11-13-19-34(42-53-33-21-28-20-32(40(28,4)5)41(33,6)54-42)44-35(47)31-22-29(25-46(31)36(30)48)51-38(50)45-23-26-16-14-15-17-27(26)24-45;1-35(2)25-17-29(35)36(3)30(18-25)46-37(47-36)31-16-10-8-6-4-5-7-9-15-27(38)33(43)41-22-26(19-28(41)32(42)39-31)45-34(44)40-20-23-13-11-12-14-24(23)21-40/h14-17,28-34H,7-13,18-25H2,1-6H3,(H,43,49)(H,44,47);11-14,25-31H,4-10,15-22,38H2,1-3H3,(H,39,42)/t28?,29-,30+,31+,32?,33?,34+,41?;25?,26-,27+,28+,29?,30?,31+,36?/m11/s1. The molecule has 12 fully saturated rings. The van der Waals surface area contributed by atoms with Crippen LogP contribution in [0.2, 0.25) is 0 Å². The molecule has 2 aromatic rings. The number of benzene rings is 2. The zero-order valence-electron chi connectivity index (χ0n) is 61.7. The van der Waals surface area contributed by atoms with Crippen LogP contribution in [0.4, 0.5) is 14.4 Å². The van der Waals surface area contributed by atoms with E-state index < -0.39 is 86.0 Å². The molecule has 16 rings (SSSR count). The highest BCUT2D eigenvalue weighted by atomic mass is 16.7. The van der Waals surface area contributed by atoms with Gasteiger partial charge in [-0.1, -0.05) is 166 Å². The fourth-order valence-electron chi connectivity index (χ4n) is 19.8. The first-order valence-corrected chi connectivity index (χ1v) is 38.8. The second-order valence-corrected chi connectivity index (χ2v) is 34.6. The van der Waals surface area contributed by atoms with Gasteiger partial charge >= 0.3 is 32.5 Å². The first-order valence-electron chi connectivity index (χ1n) is 38.8. The van der Waals surface area contributed by atoms with Crippen LogP contribution in [0.15, 0.2) is 48.5 Å². The third-order valence-electron chi connectivity index (χ3n) is 26.0. The SMILES string of the molecule is CC(C)(C)OC(=O)N[C@H]1CCCCCCCCC[C@@H](B2OC3CC4CC(C4(C)C)C3(C)O2)NC(=O)[C@@H]2C[C@@H](OC(=O)N3Cc4ccccc4C3)CN2C1=O.CC1(C)C2CC3OB([C@@H]4CCCCCCCCC[C@H](N)C(=O)N5C[C@H](OC(=O)N6Cc7ccccc7C6)C[C@H]5C(=O)N4)OC3(C)C1C2. The molecule has 552 valence electrons. The number of carbonyl (C=O) groups is 7. The lowest BCUT2D eigenvalue weighted by atomic mass is 9.43. The van der Waals surface area contributed by atoms with Crippen molar-refractivity contribution in [2.45, 2.75) is 320 Å². The maximum Gasteiger partial charge on any atom is 0.481 e. The number of hydrogen-bond acceptors (Lipinski definition) is 15. The summed E-state index contributed by atoms with van der Waals surface area (Å²) in [6, 6.07) is 12.6. The predicted molar refractivity (Wildman–Crippen MR) is 380 cm³/mol. The van der Waals surface area contributed by atoms with Crippen molar-refractivity contribution in [3.63, 3.8) is 0 Å². The Kier molecular flexibility index (Phi) is 21.7. The van der Waals surface area contributed by atoms with Crippen LogP contribution in [0.3, 0.4) is 0 Å². The van der Waals surface area contributed by atoms with Crippen LogP contribution < -0.4 is 21.7 Å². The molecule has 7 amide bonds. The molecule has 0 spiro atoms. The zero-order chi connectivity index (χ0) is 71.3. The summed E-state index contributed by atoms with van der Waals surface area (Å²) in [6.45, 7) is 21.1. The van der Waals surface area contributed by atoms with Crippen LogP contribution in [0, 0.1) is 34.5 Å². The Morgan fingerprint density at radius 3 is 1.30 bits per heavy atom. The van der Waals surface area contributed by atoms with E-state index >= 15 is 0 Å². The normalized spacial score (nSPS) is 35.7. The van der Waals surface area contributed by atoms with Gasteiger partial charge in [-0.2, -0.15) is 0 Å². The van der Waals surface area contributed by atoms with Gasteiger partial charge in [0.2, 0.25) is 23.6 Å². The van der Waals surface area contributed by atoms with E-state index in [1.165, 1.54) is 4.90 Å². The van der Waals surface area contributed by atoms with Crippen molar-refractivity contribution in [3.05, 3.63) is 70.8 Å². The molecule has 2 aromatic carbocycles. The predicted octanol–water partition coefficient (Wildman–Crippen LogP) is 11.0. The van der Waals surface area contributed by atoms with Crippen LogP contribution in [0.5, 0.6) is 0 Å². The average Bonchev–Trinajstić information content (AvgIpc) is 1.65. The second kappa shape index (κ2) is 29.9. The number of fused-ring (bicyclic) bond motifs is 4. The third kappa shape index (κ3) is 15.5. The van der Waals surface area contributed by atoms with Crippen LogP contribution in [0.25, 0.3) is 0 Å². The molecule has 8 aliphatic heterocycles. The number of ether oxygens (including phenoxy) is 3. The molecule has 6 aliphatic carbocycles. The average molecular weight is 1400 g/mol. The van der Waals surface area contributed by atoms with Crippen LogP contribution in [-0.4, -0.2) is 166 Å². The molecule has 16 atom stereocenters. The quantitative estimate of drug-likeness (QED) is 0.160. The van der Waals surface area contributed by atoms with E-state index in [4.69, 9.17) is 38.6 Å². The van der Waals surface area contributed by atoms with E-state index in [2.05, 4.69) is 57.5 Å². The molecule has 24 heteroatoms. The summed E-state index contributed by atoms with van der Waals surface area (Å²) in [6.07, 6.45) is 18.3. The number of carbonyl (C=O) groups excluding carboxylic acids is 7. The smallest absolute Gasteiger partial charge is 0.444 e. The maximum atomic E-state index is 14.5. The molecular formula is C77H114B2N8O14. The van der Waals surface area contributed by atoms with Gasteiger partial charge in [-0.3, -0.25) is 29.0 Å². The monoisotopic (exact) mass is 1400 g/mol. The molecule has 8 heterocycles. The van der Waals surface area contributed by atoms with E-state index in [1.807, 2.05) is 48.5 Å². The molecular weight excluding hydrogens is 1280 g/mol. The van der Waals surface area contributed by atoms with Crippen molar-refractivity contribution < 1.29 is 66.4 Å². The summed E-state index contributed by atoms with van der Waals surface area (Å²) in [5.74, 6) is 0.0673. The van der Waals surface area contributed by atoms with E-state index in [-0.39, 0.29) is 84.1 Å². The molecule has 5 N–H and O–H groups in total. The summed E-state index contributed by atoms with van der Waals surface area (Å²) in [7, 11) is -1.14. The Labute approximate surface area is 599 Å². The highest BCUT2D eigenvalue weighted by Crippen LogP contribution is 2.67. The summed E-state index contributed by atoms with van der Waals surface area (Å²) in [5.41, 5.74) is 9.68. The van der Waals surface area contributed by atoms with E-state index in [1.54, 1.807) is 35.5 Å². The topological polar surface area (TPSA) is 259 Å². The molecule has 22 nitrogen and oxygen atoms in total.